The summed E-state index contributed by atoms with van der Waals surface area (Å²) >= 11 is -0.270. The van der Waals surface area contributed by atoms with Gasteiger partial charge in [0.25, 0.3) is 0 Å². The van der Waals surface area contributed by atoms with E-state index in [-0.39, 0.29) is 44.0 Å². The molecule has 1 aromatic heterocycles. The zero-order chi connectivity index (χ0) is 13.4. The second-order valence-electron chi connectivity index (χ2n) is 4.82. The predicted molar refractivity (Wildman–Crippen MR) is 73.0 cm³/mol. The number of tetrazole rings is 1. The first-order chi connectivity index (χ1) is 9.92. The molecule has 0 fully saturated rings. The Morgan fingerprint density at radius 1 is 1.18 bits per heavy atom. The van der Waals surface area contributed by atoms with Gasteiger partial charge in [0.15, 0.2) is 0 Å². The average molecular weight is 367 g/mol. The number of rotatable bonds is 3. The Kier molecular flexibility index (Phi) is 5.76. The Hall–Kier alpha value is -1.20. The van der Waals surface area contributed by atoms with Crippen molar-refractivity contribution in [2.45, 2.75) is 10.6 Å². The van der Waals surface area contributed by atoms with Gasteiger partial charge in [-0.05, 0) is 0 Å². The minimum Gasteiger partial charge on any atom is -1.00 e. The molecular weight excluding hydrogens is 355 g/mol. The summed E-state index contributed by atoms with van der Waals surface area (Å²) in [6.45, 7) is 0. The second kappa shape index (κ2) is 7.38. The number of hydrogen-bond donors (Lipinski definition) is 0. The van der Waals surface area contributed by atoms with E-state index in [4.69, 9.17) is 0 Å². The quantitative estimate of drug-likeness (QED) is 0.533. The number of aromatic nitrogens is 4. The number of allylic oxidation sites excluding steroid dienone is 5. The molecule has 0 N–H and O–H groups in total. The molecule has 0 spiro atoms. The first-order valence-corrected chi connectivity index (χ1v) is 8.26. The number of fused-ring (bicyclic) bond motifs is 1. The topological polar surface area (TPSA) is 43.6 Å². The van der Waals surface area contributed by atoms with Gasteiger partial charge in [0.2, 0.25) is 0 Å². The first-order valence-electron chi connectivity index (χ1n) is 6.58. The van der Waals surface area contributed by atoms with Crippen molar-refractivity contribution in [1.82, 2.24) is 20.2 Å². The zero-order valence-electron chi connectivity index (χ0n) is 11.5. The fraction of sp³-hybridized carbons (Fsp3) is 0.133. The molecule has 110 valence electrons. The van der Waals surface area contributed by atoms with Crippen LogP contribution in [0, 0.1) is 0 Å². The maximum atomic E-state index is 4.22. The normalized spacial score (nSPS) is 17.7. The van der Waals surface area contributed by atoms with Crippen molar-refractivity contribution in [3.8, 4) is 0 Å². The van der Waals surface area contributed by atoms with Crippen LogP contribution in [-0.4, -0.2) is 20.2 Å². The van der Waals surface area contributed by atoms with Gasteiger partial charge in [-0.15, -0.1) is 0 Å². The van der Waals surface area contributed by atoms with Crippen LogP contribution in [0.2, 0.25) is 0 Å². The van der Waals surface area contributed by atoms with Crippen LogP contribution in [0.4, 0.5) is 0 Å². The standard InChI is InChI=1S/C10H7N4.C5H5.2ClH.Ti/c1-2-4-9-6-10(5-8(9)3-1)14-12-7-11-13-14;1-2-4-5-3-1;;;/h1-7H;1-3H,4H2;2*1H;/q;;;;+2/p-2. The van der Waals surface area contributed by atoms with Crippen LogP contribution in [0.3, 0.4) is 0 Å². The summed E-state index contributed by atoms with van der Waals surface area (Å²) < 4.78 is 2.02. The summed E-state index contributed by atoms with van der Waals surface area (Å²) in [6, 6.07) is 8.60. The van der Waals surface area contributed by atoms with E-state index in [1.165, 1.54) is 17.5 Å². The van der Waals surface area contributed by atoms with Crippen molar-refractivity contribution < 1.29 is 44.0 Å². The van der Waals surface area contributed by atoms with Gasteiger partial charge in [-0.3, -0.25) is 0 Å². The van der Waals surface area contributed by atoms with E-state index >= 15 is 0 Å². The van der Waals surface area contributed by atoms with Gasteiger partial charge in [0, 0.05) is 0 Å². The van der Waals surface area contributed by atoms with Crippen LogP contribution in [-0.2, 0) is 19.2 Å². The van der Waals surface area contributed by atoms with Crippen LogP contribution >= 0.6 is 0 Å². The summed E-state index contributed by atoms with van der Waals surface area (Å²) in [5, 5.41) is 12.1. The van der Waals surface area contributed by atoms with Gasteiger partial charge in [-0.1, -0.05) is 0 Å². The molecule has 0 radical (unpaired) electrons. The number of hydrogen-bond acceptors (Lipinski definition) is 3. The van der Waals surface area contributed by atoms with Crippen molar-refractivity contribution in [3.63, 3.8) is 0 Å². The van der Waals surface area contributed by atoms with Gasteiger partial charge in [0.1, 0.15) is 0 Å². The molecule has 1 atom stereocenters. The van der Waals surface area contributed by atoms with E-state index in [0.29, 0.717) is 4.22 Å². The zero-order valence-corrected chi connectivity index (χ0v) is 14.6. The molecule has 0 saturated carbocycles. The Labute approximate surface area is 150 Å². The SMILES string of the molecule is C1=CC[C]([Ti+2][CH]2C(n3ncnn3)=Cc3ccccc32)=C1.[Cl-].[Cl-]. The van der Waals surface area contributed by atoms with E-state index in [1.807, 2.05) is 0 Å². The molecule has 0 bridgehead atoms. The largest absolute Gasteiger partial charge is 1.00 e. The molecule has 0 aliphatic heterocycles. The molecule has 0 saturated heterocycles. The van der Waals surface area contributed by atoms with Gasteiger partial charge < -0.3 is 24.8 Å². The molecule has 1 heterocycles. The van der Waals surface area contributed by atoms with E-state index < -0.39 is 0 Å². The molecule has 4 nitrogen and oxygen atoms in total. The number of halogens is 2. The maximum absolute atomic E-state index is 4.22. The van der Waals surface area contributed by atoms with E-state index in [9.17, 15) is 0 Å². The Balaban J connectivity index is 0.000000882. The van der Waals surface area contributed by atoms with E-state index in [2.05, 4.69) is 64.0 Å². The van der Waals surface area contributed by atoms with Crippen molar-refractivity contribution in [1.29, 1.82) is 0 Å². The van der Waals surface area contributed by atoms with Crippen LogP contribution in [0.25, 0.3) is 11.8 Å². The maximum Gasteiger partial charge on any atom is -1.00 e. The molecule has 1 unspecified atom stereocenters. The van der Waals surface area contributed by atoms with Crippen LogP contribution in [0.15, 0.2) is 52.7 Å². The molecule has 2 aromatic rings. The Morgan fingerprint density at radius 2 is 2.05 bits per heavy atom. The number of nitrogens with zero attached hydrogens (tertiary/aromatic N) is 4. The van der Waals surface area contributed by atoms with Gasteiger partial charge in [-0.2, -0.15) is 0 Å². The summed E-state index contributed by atoms with van der Waals surface area (Å²) in [5.74, 6) is 0. The van der Waals surface area contributed by atoms with E-state index in [0.717, 1.165) is 12.1 Å². The monoisotopic (exact) mass is 366 g/mol. The Morgan fingerprint density at radius 3 is 2.77 bits per heavy atom. The molecule has 22 heavy (non-hydrogen) atoms. The molecule has 2 aliphatic rings. The van der Waals surface area contributed by atoms with E-state index in [1.54, 1.807) is 8.67 Å². The summed E-state index contributed by atoms with van der Waals surface area (Å²) in [4.78, 5) is 1.68. The summed E-state index contributed by atoms with van der Waals surface area (Å²) in [5.41, 5.74) is 3.87. The minimum absolute atomic E-state index is 0. The number of benzene rings is 1. The van der Waals surface area contributed by atoms with Crippen LogP contribution in [0.1, 0.15) is 21.8 Å². The smallest absolute Gasteiger partial charge is 1.00 e. The summed E-state index contributed by atoms with van der Waals surface area (Å²) in [7, 11) is 0. The van der Waals surface area contributed by atoms with Crippen LogP contribution in [0.5, 0.6) is 0 Å². The average Bonchev–Trinajstić information content (AvgIpc) is 3.19. The third-order valence-electron chi connectivity index (χ3n) is 3.59. The molecule has 7 heteroatoms. The van der Waals surface area contributed by atoms with Gasteiger partial charge in [0.05, 0.1) is 0 Å². The molecule has 2 aliphatic carbocycles. The van der Waals surface area contributed by atoms with Crippen molar-refractivity contribution in [2.75, 3.05) is 0 Å². The fourth-order valence-electron chi connectivity index (χ4n) is 2.66. The molecule has 0 amide bonds. The van der Waals surface area contributed by atoms with Crippen LogP contribution < -0.4 is 24.8 Å². The first kappa shape index (κ1) is 17.2. The van der Waals surface area contributed by atoms with Gasteiger partial charge >= 0.3 is 126 Å². The molecule has 4 rings (SSSR count). The second-order valence-corrected chi connectivity index (χ2v) is 7.18. The minimum atomic E-state index is -0.270. The fourth-order valence-corrected chi connectivity index (χ4v) is 5.10. The summed E-state index contributed by atoms with van der Waals surface area (Å²) in [6.07, 6.45) is 11.5. The predicted octanol–water partition coefficient (Wildman–Crippen LogP) is -3.34. The Bertz CT molecular complexity index is 738. The third-order valence-corrected chi connectivity index (χ3v) is 6.14. The van der Waals surface area contributed by atoms with Crippen molar-refractivity contribution in [3.05, 3.63) is 63.8 Å². The third kappa shape index (κ3) is 3.11. The van der Waals surface area contributed by atoms with Gasteiger partial charge in [-0.25, -0.2) is 0 Å². The molecule has 1 aromatic carbocycles. The van der Waals surface area contributed by atoms with Crippen molar-refractivity contribution in [2.24, 2.45) is 0 Å². The van der Waals surface area contributed by atoms with Crippen molar-refractivity contribution >= 4 is 11.8 Å². The molecular formula is C15H12Cl2N4Ti.